The van der Waals surface area contributed by atoms with Crippen LogP contribution in [-0.2, 0) is 0 Å². The van der Waals surface area contributed by atoms with Crippen LogP contribution < -0.4 is 10.6 Å². The minimum atomic E-state index is -0.412. The fourth-order valence-electron chi connectivity index (χ4n) is 3.19. The van der Waals surface area contributed by atoms with Crippen LogP contribution >= 0.6 is 0 Å². The normalized spacial score (nSPS) is 22.9. The van der Waals surface area contributed by atoms with Crippen molar-refractivity contribution in [3.05, 3.63) is 15.8 Å². The van der Waals surface area contributed by atoms with Gasteiger partial charge in [-0.3, -0.25) is 15.0 Å². The van der Waals surface area contributed by atoms with E-state index in [0.29, 0.717) is 17.6 Å². The van der Waals surface area contributed by atoms with Gasteiger partial charge in [-0.15, -0.1) is 0 Å². The number of hydrogen-bond donors (Lipinski definition) is 1. The van der Waals surface area contributed by atoms with Crippen LogP contribution in [0.25, 0.3) is 0 Å². The first kappa shape index (κ1) is 13.0. The van der Waals surface area contributed by atoms with Gasteiger partial charge in [0.1, 0.15) is 5.69 Å². The molecule has 1 aromatic heterocycles. The Hall–Kier alpha value is -1.96. The number of rotatable bonds is 2. The van der Waals surface area contributed by atoms with E-state index in [2.05, 4.69) is 14.9 Å². The van der Waals surface area contributed by atoms with Crippen LogP contribution in [0, 0.1) is 17.0 Å². The van der Waals surface area contributed by atoms with E-state index in [0.717, 1.165) is 32.6 Å². The predicted octanol–water partition coefficient (Wildman–Crippen LogP) is 0.560. The number of nitrogens with two attached hydrogens (primary N) is 1. The van der Waals surface area contributed by atoms with E-state index in [1.807, 2.05) is 4.90 Å². The topological polar surface area (TPSA) is 101 Å². The highest BCUT2D eigenvalue weighted by molar-refractivity contribution is 5.62. The molecule has 2 aliphatic heterocycles. The number of nitrogens with zero attached hydrogens (tertiary/aromatic N) is 5. The molecule has 0 saturated carbocycles. The number of fused-ring (bicyclic) bond motifs is 1. The van der Waals surface area contributed by atoms with E-state index in [-0.39, 0.29) is 11.6 Å². The molecule has 3 rings (SSSR count). The van der Waals surface area contributed by atoms with Crippen molar-refractivity contribution in [1.82, 2.24) is 14.9 Å². The molecule has 8 heteroatoms. The molecule has 0 spiro atoms. The third-order valence-corrected chi connectivity index (χ3v) is 4.13. The molecule has 8 nitrogen and oxygen atoms in total. The van der Waals surface area contributed by atoms with Gasteiger partial charge in [-0.05, 0) is 26.3 Å². The summed E-state index contributed by atoms with van der Waals surface area (Å²) < 4.78 is 0. The van der Waals surface area contributed by atoms with Crippen LogP contribution in [-0.4, -0.2) is 52.0 Å². The molecule has 0 aromatic carbocycles. The third kappa shape index (κ3) is 2.15. The lowest BCUT2D eigenvalue weighted by Crippen LogP contribution is -2.50. The monoisotopic (exact) mass is 278 g/mol. The molecule has 2 N–H and O–H groups in total. The molecule has 0 bridgehead atoms. The number of hydrogen-bond acceptors (Lipinski definition) is 7. The van der Waals surface area contributed by atoms with Crippen molar-refractivity contribution >= 4 is 17.5 Å². The van der Waals surface area contributed by atoms with Gasteiger partial charge in [0.2, 0.25) is 11.8 Å². The van der Waals surface area contributed by atoms with Crippen LogP contribution in [0.1, 0.15) is 18.5 Å². The molecule has 1 atom stereocenters. The number of aromatic nitrogens is 2. The summed E-state index contributed by atoms with van der Waals surface area (Å²) in [5.41, 5.74) is 5.96. The summed E-state index contributed by atoms with van der Waals surface area (Å²) in [7, 11) is 0. The van der Waals surface area contributed by atoms with Crippen molar-refractivity contribution in [2.75, 3.05) is 36.8 Å². The van der Waals surface area contributed by atoms with Gasteiger partial charge in [0.15, 0.2) is 0 Å². The van der Waals surface area contributed by atoms with Gasteiger partial charge < -0.3 is 10.6 Å². The molecule has 3 heterocycles. The Kier molecular flexibility index (Phi) is 3.17. The highest BCUT2D eigenvalue weighted by atomic mass is 16.6. The number of nitrogen functional groups attached to an aromatic ring is 1. The Morgan fingerprint density at radius 2 is 2.15 bits per heavy atom. The van der Waals surface area contributed by atoms with Gasteiger partial charge in [0.25, 0.3) is 0 Å². The summed E-state index contributed by atoms with van der Waals surface area (Å²) in [6, 6.07) is 0.472. The first-order valence-electron chi connectivity index (χ1n) is 6.84. The van der Waals surface area contributed by atoms with E-state index < -0.39 is 4.92 Å². The van der Waals surface area contributed by atoms with Gasteiger partial charge in [0.05, 0.1) is 4.92 Å². The molecule has 0 amide bonds. The zero-order valence-electron chi connectivity index (χ0n) is 11.4. The maximum atomic E-state index is 11.3. The molecule has 20 heavy (non-hydrogen) atoms. The van der Waals surface area contributed by atoms with E-state index >= 15 is 0 Å². The minimum absolute atomic E-state index is 0.0225. The second-order valence-electron chi connectivity index (χ2n) is 5.37. The molecule has 2 fully saturated rings. The molecule has 108 valence electrons. The highest BCUT2D eigenvalue weighted by Gasteiger charge is 2.34. The fraction of sp³-hybridized carbons (Fsp3) is 0.667. The summed E-state index contributed by atoms with van der Waals surface area (Å²) in [4.78, 5) is 23.3. The molecule has 2 aliphatic rings. The van der Waals surface area contributed by atoms with Crippen molar-refractivity contribution in [3.63, 3.8) is 0 Å². The van der Waals surface area contributed by atoms with Crippen LogP contribution in [0.4, 0.5) is 17.5 Å². The average Bonchev–Trinajstić information content (AvgIpc) is 2.84. The SMILES string of the molecule is Cc1nc(N)nc(N2CCN3CCCC3C2)c1[N+](=O)[O-]. The summed E-state index contributed by atoms with van der Waals surface area (Å²) in [6.45, 7) is 5.17. The number of aryl methyl sites for hydroxylation is 1. The largest absolute Gasteiger partial charge is 0.368 e. The van der Waals surface area contributed by atoms with Gasteiger partial charge in [-0.2, -0.15) is 4.98 Å². The van der Waals surface area contributed by atoms with Gasteiger partial charge >= 0.3 is 5.69 Å². The van der Waals surface area contributed by atoms with E-state index in [9.17, 15) is 10.1 Å². The first-order chi connectivity index (χ1) is 9.56. The molecular formula is C12H18N6O2. The van der Waals surface area contributed by atoms with E-state index in [1.54, 1.807) is 6.92 Å². The van der Waals surface area contributed by atoms with E-state index in [1.165, 1.54) is 6.42 Å². The van der Waals surface area contributed by atoms with Crippen molar-refractivity contribution in [1.29, 1.82) is 0 Å². The Labute approximate surface area is 116 Å². The van der Waals surface area contributed by atoms with Crippen LogP contribution in [0.2, 0.25) is 0 Å². The smallest absolute Gasteiger partial charge is 0.332 e. The number of piperazine rings is 1. The summed E-state index contributed by atoms with van der Waals surface area (Å²) >= 11 is 0. The minimum Gasteiger partial charge on any atom is -0.368 e. The average molecular weight is 278 g/mol. The number of nitro groups is 1. The van der Waals surface area contributed by atoms with Gasteiger partial charge in [0, 0.05) is 25.7 Å². The van der Waals surface area contributed by atoms with Crippen LogP contribution in [0.3, 0.4) is 0 Å². The summed E-state index contributed by atoms with van der Waals surface area (Å²) in [5, 5.41) is 11.3. The fourth-order valence-corrected chi connectivity index (χ4v) is 3.19. The molecule has 1 unspecified atom stereocenters. The molecule has 1 aromatic rings. The van der Waals surface area contributed by atoms with Crippen LogP contribution in [0.5, 0.6) is 0 Å². The molecule has 0 radical (unpaired) electrons. The maximum absolute atomic E-state index is 11.3. The Morgan fingerprint density at radius 3 is 2.90 bits per heavy atom. The van der Waals surface area contributed by atoms with Gasteiger partial charge in [-0.25, -0.2) is 4.98 Å². The lowest BCUT2D eigenvalue weighted by atomic mass is 10.1. The standard InChI is InChI=1S/C12H18N6O2/c1-8-10(18(19)20)11(15-12(13)14-8)17-6-5-16-4-2-3-9(16)7-17/h9H,2-7H2,1H3,(H2,13,14,15). The maximum Gasteiger partial charge on any atom is 0.332 e. The zero-order valence-corrected chi connectivity index (χ0v) is 11.4. The number of anilines is 2. The quantitative estimate of drug-likeness (QED) is 0.623. The second kappa shape index (κ2) is 4.86. The Bertz CT molecular complexity index is 549. The summed E-state index contributed by atoms with van der Waals surface area (Å²) in [5.74, 6) is 0.462. The van der Waals surface area contributed by atoms with Crippen molar-refractivity contribution in [2.45, 2.75) is 25.8 Å². The molecule has 0 aliphatic carbocycles. The first-order valence-corrected chi connectivity index (χ1v) is 6.84. The van der Waals surface area contributed by atoms with Crippen molar-refractivity contribution < 1.29 is 4.92 Å². The highest BCUT2D eigenvalue weighted by Crippen LogP contribution is 2.32. The Morgan fingerprint density at radius 1 is 1.35 bits per heavy atom. The van der Waals surface area contributed by atoms with Crippen LogP contribution in [0.15, 0.2) is 0 Å². The summed E-state index contributed by atoms with van der Waals surface area (Å²) in [6.07, 6.45) is 2.34. The van der Waals surface area contributed by atoms with Crippen molar-refractivity contribution in [2.24, 2.45) is 0 Å². The van der Waals surface area contributed by atoms with E-state index in [4.69, 9.17) is 5.73 Å². The predicted molar refractivity (Wildman–Crippen MR) is 74.6 cm³/mol. The molecule has 2 saturated heterocycles. The van der Waals surface area contributed by atoms with Gasteiger partial charge in [-0.1, -0.05) is 0 Å². The lowest BCUT2D eigenvalue weighted by molar-refractivity contribution is -0.385. The third-order valence-electron chi connectivity index (χ3n) is 4.13. The Balaban J connectivity index is 1.95. The lowest BCUT2D eigenvalue weighted by Gasteiger charge is -2.37. The molecular weight excluding hydrogens is 260 g/mol. The van der Waals surface area contributed by atoms with Crippen molar-refractivity contribution in [3.8, 4) is 0 Å². The zero-order chi connectivity index (χ0) is 14.3. The second-order valence-corrected chi connectivity index (χ2v) is 5.37.